The number of fused-ring (bicyclic) bond motifs is 1. The molecule has 1 aliphatic rings. The van der Waals surface area contributed by atoms with Gasteiger partial charge < -0.3 is 4.84 Å². The minimum atomic E-state index is 0.861. The standard InChI is InChI=1S/C7H8N2O/c1-5-2-3-6-7(4-5)10-9-8-6/h2-4,8-9H,1H3. The van der Waals surface area contributed by atoms with E-state index in [2.05, 4.69) is 11.0 Å². The first-order valence-electron chi connectivity index (χ1n) is 3.15. The summed E-state index contributed by atoms with van der Waals surface area (Å²) < 4.78 is 0. The molecule has 52 valence electrons. The highest BCUT2D eigenvalue weighted by atomic mass is 16.7. The van der Waals surface area contributed by atoms with Crippen molar-refractivity contribution in [3.63, 3.8) is 0 Å². The van der Waals surface area contributed by atoms with Crippen LogP contribution in [0.4, 0.5) is 5.69 Å². The zero-order valence-electron chi connectivity index (χ0n) is 5.64. The first-order chi connectivity index (χ1) is 4.86. The maximum Gasteiger partial charge on any atom is 0.174 e. The van der Waals surface area contributed by atoms with Gasteiger partial charge in [0.25, 0.3) is 0 Å². The van der Waals surface area contributed by atoms with Crippen LogP contribution in [0.2, 0.25) is 0 Å². The van der Waals surface area contributed by atoms with E-state index in [1.807, 2.05) is 25.1 Å². The van der Waals surface area contributed by atoms with Crippen LogP contribution in [-0.2, 0) is 0 Å². The highest BCUT2D eigenvalue weighted by Crippen LogP contribution is 2.27. The van der Waals surface area contributed by atoms with Crippen molar-refractivity contribution in [2.45, 2.75) is 6.92 Å². The number of hydrogen-bond donors (Lipinski definition) is 2. The summed E-state index contributed by atoms with van der Waals surface area (Å²) in [5, 5.41) is 0. The maximum atomic E-state index is 5.02. The highest BCUT2D eigenvalue weighted by Gasteiger charge is 2.09. The average molecular weight is 136 g/mol. The second-order valence-corrected chi connectivity index (χ2v) is 2.33. The first kappa shape index (κ1) is 5.56. The summed E-state index contributed by atoms with van der Waals surface area (Å²) >= 11 is 0. The lowest BCUT2D eigenvalue weighted by Gasteiger charge is -1.94. The Labute approximate surface area is 58.9 Å². The van der Waals surface area contributed by atoms with Crippen molar-refractivity contribution < 1.29 is 4.84 Å². The van der Waals surface area contributed by atoms with Crippen molar-refractivity contribution in [2.24, 2.45) is 0 Å². The largest absolute Gasteiger partial charge is 0.387 e. The Morgan fingerprint density at radius 1 is 1.40 bits per heavy atom. The molecule has 0 spiro atoms. The molecule has 0 amide bonds. The van der Waals surface area contributed by atoms with Crippen molar-refractivity contribution >= 4 is 5.69 Å². The zero-order chi connectivity index (χ0) is 6.97. The Morgan fingerprint density at radius 3 is 3.20 bits per heavy atom. The van der Waals surface area contributed by atoms with Gasteiger partial charge in [-0.05, 0) is 24.6 Å². The summed E-state index contributed by atoms with van der Waals surface area (Å²) in [5.74, 6) is 0.861. The van der Waals surface area contributed by atoms with Crippen LogP contribution in [0.15, 0.2) is 18.2 Å². The second kappa shape index (κ2) is 1.88. The van der Waals surface area contributed by atoms with Crippen LogP contribution in [-0.4, -0.2) is 0 Å². The molecule has 0 saturated carbocycles. The van der Waals surface area contributed by atoms with Crippen molar-refractivity contribution in [3.05, 3.63) is 23.8 Å². The molecule has 10 heavy (non-hydrogen) atoms. The van der Waals surface area contributed by atoms with Gasteiger partial charge in [-0.25, -0.2) is 0 Å². The smallest absolute Gasteiger partial charge is 0.174 e. The molecule has 0 bridgehead atoms. The molecule has 0 radical (unpaired) electrons. The van der Waals surface area contributed by atoms with Crippen LogP contribution in [0, 0.1) is 6.92 Å². The lowest BCUT2D eigenvalue weighted by molar-refractivity contribution is 0.247. The lowest BCUT2D eigenvalue weighted by Crippen LogP contribution is -2.16. The summed E-state index contributed by atoms with van der Waals surface area (Å²) in [6.07, 6.45) is 0. The zero-order valence-corrected chi connectivity index (χ0v) is 5.64. The fourth-order valence-corrected chi connectivity index (χ4v) is 0.953. The van der Waals surface area contributed by atoms with Crippen molar-refractivity contribution in [1.82, 2.24) is 5.59 Å². The van der Waals surface area contributed by atoms with E-state index < -0.39 is 0 Å². The highest BCUT2D eigenvalue weighted by molar-refractivity contribution is 5.58. The van der Waals surface area contributed by atoms with E-state index in [0.29, 0.717) is 0 Å². The molecule has 1 aromatic rings. The quantitative estimate of drug-likeness (QED) is 0.562. The minimum absolute atomic E-state index is 0.861. The molecule has 3 nitrogen and oxygen atoms in total. The number of nitrogens with one attached hydrogen (secondary N) is 2. The summed E-state index contributed by atoms with van der Waals surface area (Å²) in [7, 11) is 0. The van der Waals surface area contributed by atoms with Gasteiger partial charge in [0.1, 0.15) is 0 Å². The van der Waals surface area contributed by atoms with E-state index in [0.717, 1.165) is 11.4 Å². The molecule has 0 atom stereocenters. The van der Waals surface area contributed by atoms with Gasteiger partial charge >= 0.3 is 0 Å². The second-order valence-electron chi connectivity index (χ2n) is 2.33. The van der Waals surface area contributed by atoms with E-state index in [1.54, 1.807) is 0 Å². The summed E-state index contributed by atoms with van der Waals surface area (Å²) in [5.41, 5.74) is 7.61. The summed E-state index contributed by atoms with van der Waals surface area (Å²) in [4.78, 5) is 5.02. The molecule has 0 saturated heterocycles. The monoisotopic (exact) mass is 136 g/mol. The Hall–Kier alpha value is -1.22. The SMILES string of the molecule is Cc1ccc2c(c1)ONN2. The fourth-order valence-electron chi connectivity index (χ4n) is 0.953. The van der Waals surface area contributed by atoms with Crippen LogP contribution in [0.1, 0.15) is 5.56 Å². The molecule has 1 aromatic carbocycles. The van der Waals surface area contributed by atoms with E-state index in [-0.39, 0.29) is 0 Å². The normalized spacial score (nSPS) is 13.7. The van der Waals surface area contributed by atoms with Gasteiger partial charge in [0.15, 0.2) is 5.75 Å². The Bertz CT molecular complexity index is 260. The third-order valence-corrected chi connectivity index (χ3v) is 1.48. The van der Waals surface area contributed by atoms with Crippen molar-refractivity contribution in [1.29, 1.82) is 0 Å². The Kier molecular flexibility index (Phi) is 1.05. The number of rotatable bonds is 0. The van der Waals surface area contributed by atoms with Gasteiger partial charge in [-0.15, -0.1) is 0 Å². The topological polar surface area (TPSA) is 33.3 Å². The van der Waals surface area contributed by atoms with Crippen LogP contribution in [0.5, 0.6) is 5.75 Å². The van der Waals surface area contributed by atoms with E-state index >= 15 is 0 Å². The van der Waals surface area contributed by atoms with Crippen LogP contribution in [0.3, 0.4) is 0 Å². The fraction of sp³-hybridized carbons (Fsp3) is 0.143. The van der Waals surface area contributed by atoms with Crippen molar-refractivity contribution in [3.8, 4) is 5.75 Å². The molecule has 0 aliphatic carbocycles. The molecule has 0 fully saturated rings. The van der Waals surface area contributed by atoms with Crippen LogP contribution < -0.4 is 15.9 Å². The first-order valence-corrected chi connectivity index (χ1v) is 3.15. The van der Waals surface area contributed by atoms with Gasteiger partial charge in [-0.3, -0.25) is 5.43 Å². The van der Waals surface area contributed by atoms with Gasteiger partial charge in [-0.2, -0.15) is 0 Å². The molecule has 1 heterocycles. The molecule has 2 rings (SSSR count). The van der Waals surface area contributed by atoms with Gasteiger partial charge in [-0.1, -0.05) is 11.7 Å². The number of aryl methyl sites for hydroxylation is 1. The number of anilines is 1. The Morgan fingerprint density at radius 2 is 2.30 bits per heavy atom. The van der Waals surface area contributed by atoms with E-state index in [4.69, 9.17) is 4.84 Å². The number of benzene rings is 1. The van der Waals surface area contributed by atoms with Crippen LogP contribution in [0.25, 0.3) is 0 Å². The molecular formula is C7H8N2O. The molecular weight excluding hydrogens is 128 g/mol. The molecule has 0 aromatic heterocycles. The molecule has 2 N–H and O–H groups in total. The van der Waals surface area contributed by atoms with Crippen molar-refractivity contribution in [2.75, 3.05) is 5.43 Å². The number of hydrogen-bond acceptors (Lipinski definition) is 3. The third kappa shape index (κ3) is 0.717. The van der Waals surface area contributed by atoms with E-state index in [1.165, 1.54) is 5.56 Å². The van der Waals surface area contributed by atoms with Gasteiger partial charge in [0.05, 0.1) is 5.69 Å². The van der Waals surface area contributed by atoms with Crippen LogP contribution >= 0.6 is 0 Å². The van der Waals surface area contributed by atoms with Gasteiger partial charge in [0.2, 0.25) is 0 Å². The predicted octanol–water partition coefficient (Wildman–Crippen LogP) is 1.22. The molecule has 1 aliphatic heterocycles. The lowest BCUT2D eigenvalue weighted by atomic mass is 10.2. The Balaban J connectivity index is 2.52. The third-order valence-electron chi connectivity index (χ3n) is 1.48. The summed E-state index contributed by atoms with van der Waals surface area (Å²) in [6, 6.07) is 5.98. The minimum Gasteiger partial charge on any atom is -0.387 e. The van der Waals surface area contributed by atoms with E-state index in [9.17, 15) is 0 Å². The predicted molar refractivity (Wildman–Crippen MR) is 38.6 cm³/mol. The average Bonchev–Trinajstić information content (AvgIpc) is 2.33. The van der Waals surface area contributed by atoms with Gasteiger partial charge in [0, 0.05) is 0 Å². The molecule has 0 unspecified atom stereocenters. The molecule has 3 heteroatoms. The maximum absolute atomic E-state index is 5.02. The number of hydrazine groups is 1. The summed E-state index contributed by atoms with van der Waals surface area (Å²) in [6.45, 7) is 2.03.